The Kier molecular flexibility index (Phi) is 4.20. The van der Waals surface area contributed by atoms with Crippen LogP contribution in [-0.2, 0) is 9.53 Å². The number of aliphatic hydroxyl groups is 1. The van der Waals surface area contributed by atoms with Gasteiger partial charge < -0.3 is 14.7 Å². The molecule has 0 aromatic rings. The van der Waals surface area contributed by atoms with Gasteiger partial charge in [0.05, 0.1) is 13.2 Å². The Hall–Kier alpha value is -0.970. The molecule has 4 nitrogen and oxygen atoms in total. The minimum atomic E-state index is -0.308. The van der Waals surface area contributed by atoms with Crippen molar-refractivity contribution in [2.24, 2.45) is 0 Å². The number of hydrogen-bond acceptors (Lipinski definition) is 3. The van der Waals surface area contributed by atoms with Gasteiger partial charge >= 0.3 is 0 Å². The number of aliphatic hydroxyl groups excluding tert-OH is 1. The van der Waals surface area contributed by atoms with E-state index < -0.39 is 0 Å². The lowest BCUT2D eigenvalue weighted by Crippen LogP contribution is -2.36. The Labute approximate surface area is 97.3 Å². The quantitative estimate of drug-likeness (QED) is 0.633. The van der Waals surface area contributed by atoms with E-state index in [9.17, 15) is 9.90 Å². The minimum absolute atomic E-state index is 0.202. The Morgan fingerprint density at radius 2 is 2.33 bits per heavy atom. The van der Waals surface area contributed by atoms with Gasteiger partial charge in [-0.15, -0.1) is 0 Å². The van der Waals surface area contributed by atoms with Crippen LogP contribution in [0.15, 0.2) is 22.1 Å². The Bertz CT molecular complexity index is 323. The van der Waals surface area contributed by atoms with Crippen molar-refractivity contribution in [1.29, 1.82) is 0 Å². The number of halogens is 1. The predicted octanol–water partition coefficient (Wildman–Crippen LogP) is 1.93. The first-order chi connectivity index (χ1) is 7.10. The van der Waals surface area contributed by atoms with Gasteiger partial charge in [0.25, 0.3) is 11.9 Å². The molecular weight excluding hydrogens is 262 g/mol. The summed E-state index contributed by atoms with van der Waals surface area (Å²) in [5.74, 6) is -0.510. The number of hydrogen-bond donors (Lipinski definition) is 1. The van der Waals surface area contributed by atoms with Crippen LogP contribution in [0.25, 0.3) is 0 Å². The monoisotopic (exact) mass is 275 g/mol. The summed E-state index contributed by atoms with van der Waals surface area (Å²) < 4.78 is 5.77. The lowest BCUT2D eigenvalue weighted by molar-refractivity contribution is -0.127. The van der Waals surface area contributed by atoms with Crippen molar-refractivity contribution >= 4 is 21.8 Å². The molecule has 1 amide bonds. The molecule has 0 aliphatic carbocycles. The van der Waals surface area contributed by atoms with Gasteiger partial charge in [0.1, 0.15) is 5.57 Å². The number of nitrogens with zero attached hydrogens (tertiary/aromatic N) is 1. The molecule has 0 aromatic heterocycles. The van der Waals surface area contributed by atoms with E-state index in [2.05, 4.69) is 15.9 Å². The van der Waals surface area contributed by atoms with Gasteiger partial charge in [-0.1, -0.05) is 15.9 Å². The molecule has 0 spiro atoms. The molecule has 1 aliphatic rings. The molecule has 5 heteroatoms. The van der Waals surface area contributed by atoms with E-state index in [1.54, 1.807) is 17.9 Å². The molecular formula is C10H14BrNO3. The average Bonchev–Trinajstić information content (AvgIpc) is 2.21. The van der Waals surface area contributed by atoms with Gasteiger partial charge in [-0.3, -0.25) is 4.79 Å². The highest BCUT2D eigenvalue weighted by molar-refractivity contribution is 9.11. The molecule has 0 atom stereocenters. The van der Waals surface area contributed by atoms with Gasteiger partial charge in [-0.2, -0.15) is 0 Å². The maximum atomic E-state index is 11.8. The van der Waals surface area contributed by atoms with E-state index in [0.29, 0.717) is 19.7 Å². The van der Waals surface area contributed by atoms with Crippen LogP contribution >= 0.6 is 15.9 Å². The Morgan fingerprint density at radius 1 is 1.67 bits per heavy atom. The number of carbonyl (C=O) groups is 1. The number of ether oxygens (including phenoxy) is 1. The predicted molar refractivity (Wildman–Crippen MR) is 60.5 cm³/mol. The van der Waals surface area contributed by atoms with Gasteiger partial charge in [-0.25, -0.2) is 0 Å². The Morgan fingerprint density at radius 3 is 2.87 bits per heavy atom. The van der Waals surface area contributed by atoms with Crippen LogP contribution in [-0.4, -0.2) is 35.6 Å². The first-order valence-electron chi connectivity index (χ1n) is 4.81. The fourth-order valence-corrected chi connectivity index (χ4v) is 1.84. The van der Waals surface area contributed by atoms with Crippen molar-refractivity contribution < 1.29 is 14.6 Å². The third-order valence-corrected chi connectivity index (χ3v) is 2.53. The van der Waals surface area contributed by atoms with Gasteiger partial charge in [0.2, 0.25) is 0 Å². The molecule has 0 bridgehead atoms. The lowest BCUT2D eigenvalue weighted by Gasteiger charge is -2.25. The standard InChI is InChI=1S/C10H14BrNO3/c1-3-12-6-7(11)5-8(9(12)13)10(14)15-4-2/h5,14H,3-4,6H2,1-2H3. The summed E-state index contributed by atoms with van der Waals surface area (Å²) in [7, 11) is 0. The Balaban J connectivity index is 3.02. The first kappa shape index (κ1) is 12.1. The molecule has 15 heavy (non-hydrogen) atoms. The fourth-order valence-electron chi connectivity index (χ4n) is 1.31. The number of rotatable bonds is 3. The highest BCUT2D eigenvalue weighted by Crippen LogP contribution is 2.22. The number of carbonyl (C=O) groups excluding carboxylic acids is 1. The third kappa shape index (κ3) is 2.75. The summed E-state index contributed by atoms with van der Waals surface area (Å²) in [5, 5.41) is 9.52. The summed E-state index contributed by atoms with van der Waals surface area (Å²) in [4.78, 5) is 13.4. The number of likely N-dealkylation sites (N-methyl/N-ethyl adjacent to an activating group) is 1. The SMILES string of the molecule is CCOC(O)=C1C=C(Br)CN(CC)C1=O. The molecule has 1 rings (SSSR count). The zero-order chi connectivity index (χ0) is 11.4. The summed E-state index contributed by atoms with van der Waals surface area (Å²) in [5.41, 5.74) is 0.205. The van der Waals surface area contributed by atoms with Crippen molar-refractivity contribution in [2.45, 2.75) is 13.8 Å². The molecule has 1 N–H and O–H groups in total. The highest BCUT2D eigenvalue weighted by atomic mass is 79.9. The van der Waals surface area contributed by atoms with Crippen LogP contribution in [0.1, 0.15) is 13.8 Å². The summed E-state index contributed by atoms with van der Waals surface area (Å²) in [6.45, 7) is 5.11. The van der Waals surface area contributed by atoms with E-state index in [1.807, 2.05) is 6.92 Å². The van der Waals surface area contributed by atoms with Gasteiger partial charge in [0, 0.05) is 11.0 Å². The summed E-state index contributed by atoms with van der Waals surface area (Å²) in [6, 6.07) is 0. The molecule has 0 aromatic carbocycles. The molecule has 84 valence electrons. The highest BCUT2D eigenvalue weighted by Gasteiger charge is 2.25. The van der Waals surface area contributed by atoms with E-state index >= 15 is 0 Å². The smallest absolute Gasteiger partial charge is 0.289 e. The first-order valence-corrected chi connectivity index (χ1v) is 5.60. The van der Waals surface area contributed by atoms with E-state index in [-0.39, 0.29) is 17.4 Å². The fraction of sp³-hybridized carbons (Fsp3) is 0.500. The van der Waals surface area contributed by atoms with Crippen molar-refractivity contribution in [3.8, 4) is 0 Å². The minimum Gasteiger partial charge on any atom is -0.480 e. The normalized spacial score (nSPS) is 20.1. The van der Waals surface area contributed by atoms with Crippen molar-refractivity contribution in [1.82, 2.24) is 4.90 Å². The second-order valence-corrected chi connectivity index (χ2v) is 4.08. The van der Waals surface area contributed by atoms with Crippen LogP contribution in [0.3, 0.4) is 0 Å². The molecule has 0 unspecified atom stereocenters. The summed E-state index contributed by atoms with van der Waals surface area (Å²) in [6.07, 6.45) is 1.60. The van der Waals surface area contributed by atoms with Crippen molar-refractivity contribution in [2.75, 3.05) is 19.7 Å². The average molecular weight is 276 g/mol. The maximum Gasteiger partial charge on any atom is 0.289 e. The largest absolute Gasteiger partial charge is 0.480 e. The molecule has 0 radical (unpaired) electrons. The molecule has 0 saturated heterocycles. The van der Waals surface area contributed by atoms with Crippen LogP contribution in [0.2, 0.25) is 0 Å². The molecule has 0 fully saturated rings. The van der Waals surface area contributed by atoms with Crippen LogP contribution in [0, 0.1) is 0 Å². The van der Waals surface area contributed by atoms with Crippen molar-refractivity contribution in [3.63, 3.8) is 0 Å². The van der Waals surface area contributed by atoms with Gasteiger partial charge in [-0.05, 0) is 19.9 Å². The third-order valence-electron chi connectivity index (χ3n) is 2.05. The second-order valence-electron chi connectivity index (χ2n) is 3.06. The second kappa shape index (κ2) is 5.21. The topological polar surface area (TPSA) is 49.8 Å². The van der Waals surface area contributed by atoms with E-state index in [1.165, 1.54) is 0 Å². The number of amides is 1. The molecule has 1 aliphatic heterocycles. The van der Waals surface area contributed by atoms with Crippen molar-refractivity contribution in [3.05, 3.63) is 22.1 Å². The van der Waals surface area contributed by atoms with Crippen LogP contribution in [0.4, 0.5) is 0 Å². The zero-order valence-electron chi connectivity index (χ0n) is 8.79. The lowest BCUT2D eigenvalue weighted by atomic mass is 10.1. The zero-order valence-corrected chi connectivity index (χ0v) is 10.4. The van der Waals surface area contributed by atoms with Gasteiger partial charge in [0.15, 0.2) is 0 Å². The van der Waals surface area contributed by atoms with E-state index in [0.717, 1.165) is 4.48 Å². The molecule has 0 saturated carbocycles. The van der Waals surface area contributed by atoms with Crippen LogP contribution < -0.4 is 0 Å². The molecule has 1 heterocycles. The summed E-state index contributed by atoms with van der Waals surface area (Å²) >= 11 is 3.32. The van der Waals surface area contributed by atoms with E-state index in [4.69, 9.17) is 4.74 Å². The van der Waals surface area contributed by atoms with Crippen LogP contribution in [0.5, 0.6) is 0 Å². The maximum absolute atomic E-state index is 11.8.